The average molecular weight is 273 g/mol. The molecule has 2 aromatic rings. The molecule has 0 radical (unpaired) electrons. The summed E-state index contributed by atoms with van der Waals surface area (Å²) >= 11 is 0. The minimum absolute atomic E-state index is 0.105. The van der Waals surface area contributed by atoms with Gasteiger partial charge in [-0.15, -0.1) is 0 Å². The van der Waals surface area contributed by atoms with Crippen LogP contribution < -0.4 is 10.3 Å². The molecule has 0 aliphatic carbocycles. The van der Waals surface area contributed by atoms with Crippen LogP contribution in [0, 0.1) is 0 Å². The van der Waals surface area contributed by atoms with Crippen LogP contribution >= 0.6 is 0 Å². The highest BCUT2D eigenvalue weighted by Crippen LogP contribution is 2.08. The number of hydrogen-bond donors (Lipinski definition) is 1. The number of rotatable bonds is 6. The van der Waals surface area contributed by atoms with E-state index >= 15 is 0 Å². The van der Waals surface area contributed by atoms with E-state index in [2.05, 4.69) is 0 Å². The third-order valence-electron chi connectivity index (χ3n) is 2.79. The molecule has 5 nitrogen and oxygen atoms in total. The molecular formula is C15H15NO4. The number of ether oxygens (including phenoxy) is 1. The first-order valence-corrected chi connectivity index (χ1v) is 6.28. The Hall–Kier alpha value is -2.56. The fourth-order valence-electron chi connectivity index (χ4n) is 1.77. The van der Waals surface area contributed by atoms with E-state index in [9.17, 15) is 9.59 Å². The number of aromatic carboxylic acids is 1. The number of benzene rings is 1. The van der Waals surface area contributed by atoms with Crippen molar-refractivity contribution in [3.8, 4) is 5.75 Å². The van der Waals surface area contributed by atoms with E-state index in [-0.39, 0.29) is 11.1 Å². The van der Waals surface area contributed by atoms with Crippen molar-refractivity contribution in [1.29, 1.82) is 0 Å². The second-order valence-electron chi connectivity index (χ2n) is 4.27. The van der Waals surface area contributed by atoms with Gasteiger partial charge in [0.2, 0.25) is 0 Å². The van der Waals surface area contributed by atoms with E-state index in [1.807, 2.05) is 30.3 Å². The van der Waals surface area contributed by atoms with Gasteiger partial charge in [-0.05, 0) is 24.6 Å². The van der Waals surface area contributed by atoms with E-state index < -0.39 is 5.97 Å². The number of hydrogen-bond acceptors (Lipinski definition) is 3. The van der Waals surface area contributed by atoms with Crippen LogP contribution in [0.1, 0.15) is 16.8 Å². The highest BCUT2D eigenvalue weighted by molar-refractivity contribution is 5.87. The number of aryl methyl sites for hydroxylation is 1. The lowest BCUT2D eigenvalue weighted by Gasteiger charge is -2.08. The van der Waals surface area contributed by atoms with Crippen LogP contribution in [-0.2, 0) is 6.54 Å². The summed E-state index contributed by atoms with van der Waals surface area (Å²) in [6.07, 6.45) is 1.98. The van der Waals surface area contributed by atoms with Gasteiger partial charge in [-0.25, -0.2) is 4.79 Å². The van der Waals surface area contributed by atoms with E-state index in [4.69, 9.17) is 9.84 Å². The molecule has 0 atom stereocenters. The molecule has 0 saturated carbocycles. The summed E-state index contributed by atoms with van der Waals surface area (Å²) < 4.78 is 6.90. The van der Waals surface area contributed by atoms with Gasteiger partial charge in [0.25, 0.3) is 5.56 Å². The maximum atomic E-state index is 11.6. The second-order valence-corrected chi connectivity index (χ2v) is 4.27. The molecule has 5 heteroatoms. The molecule has 0 aliphatic heterocycles. The molecule has 0 unspecified atom stereocenters. The maximum Gasteiger partial charge on any atom is 0.337 e. The fraction of sp³-hybridized carbons (Fsp3) is 0.200. The predicted molar refractivity (Wildman–Crippen MR) is 74.2 cm³/mol. The smallest absolute Gasteiger partial charge is 0.337 e. The zero-order chi connectivity index (χ0) is 14.4. The van der Waals surface area contributed by atoms with Gasteiger partial charge in [-0.1, -0.05) is 18.2 Å². The highest BCUT2D eigenvalue weighted by atomic mass is 16.5. The zero-order valence-electron chi connectivity index (χ0n) is 10.9. The number of pyridine rings is 1. The third-order valence-corrected chi connectivity index (χ3v) is 2.79. The van der Waals surface area contributed by atoms with Crippen molar-refractivity contribution in [3.05, 3.63) is 64.6 Å². The van der Waals surface area contributed by atoms with Crippen molar-refractivity contribution in [2.45, 2.75) is 13.0 Å². The molecule has 1 aromatic carbocycles. The number of para-hydroxylation sites is 1. The molecule has 104 valence electrons. The summed E-state index contributed by atoms with van der Waals surface area (Å²) in [7, 11) is 0. The van der Waals surface area contributed by atoms with Crippen molar-refractivity contribution in [1.82, 2.24) is 4.57 Å². The SMILES string of the molecule is O=C(O)c1ccc(=O)n(CCCOc2ccccc2)c1. The van der Waals surface area contributed by atoms with Crippen LogP contribution in [0.25, 0.3) is 0 Å². The zero-order valence-corrected chi connectivity index (χ0v) is 10.9. The van der Waals surface area contributed by atoms with Crippen LogP contribution in [0.15, 0.2) is 53.5 Å². The Morgan fingerprint density at radius 3 is 2.60 bits per heavy atom. The van der Waals surface area contributed by atoms with Crippen LogP contribution in [0.3, 0.4) is 0 Å². The van der Waals surface area contributed by atoms with E-state index in [1.165, 1.54) is 22.9 Å². The van der Waals surface area contributed by atoms with Crippen LogP contribution in [0.2, 0.25) is 0 Å². The molecule has 0 saturated heterocycles. The minimum atomic E-state index is -1.04. The average Bonchev–Trinajstić information content (AvgIpc) is 2.46. The minimum Gasteiger partial charge on any atom is -0.494 e. The highest BCUT2D eigenvalue weighted by Gasteiger charge is 2.05. The Morgan fingerprint density at radius 1 is 1.15 bits per heavy atom. The van der Waals surface area contributed by atoms with E-state index in [0.29, 0.717) is 19.6 Å². The molecule has 1 N–H and O–H groups in total. The Labute approximate surface area is 116 Å². The molecule has 1 aromatic heterocycles. The second kappa shape index (κ2) is 6.56. The standard InChI is InChI=1S/C15H15NO4/c17-14-8-7-12(15(18)19)11-16(14)9-4-10-20-13-5-2-1-3-6-13/h1-3,5-8,11H,4,9-10H2,(H,18,19). The van der Waals surface area contributed by atoms with Crippen LogP contribution in [-0.4, -0.2) is 22.2 Å². The molecule has 0 aliphatic rings. The third kappa shape index (κ3) is 3.71. The summed E-state index contributed by atoms with van der Waals surface area (Å²) in [5.74, 6) is -0.265. The molecule has 0 spiro atoms. The van der Waals surface area contributed by atoms with Gasteiger partial charge in [0.15, 0.2) is 0 Å². The van der Waals surface area contributed by atoms with Gasteiger partial charge in [-0.3, -0.25) is 4.79 Å². The van der Waals surface area contributed by atoms with E-state index in [0.717, 1.165) is 5.75 Å². The molecule has 20 heavy (non-hydrogen) atoms. The van der Waals surface area contributed by atoms with Crippen molar-refractivity contribution >= 4 is 5.97 Å². The van der Waals surface area contributed by atoms with Crippen molar-refractivity contribution < 1.29 is 14.6 Å². The Morgan fingerprint density at radius 2 is 1.90 bits per heavy atom. The van der Waals surface area contributed by atoms with Crippen molar-refractivity contribution in [3.63, 3.8) is 0 Å². The van der Waals surface area contributed by atoms with Crippen molar-refractivity contribution in [2.75, 3.05) is 6.61 Å². The first kappa shape index (κ1) is 13.9. The van der Waals surface area contributed by atoms with Gasteiger partial charge >= 0.3 is 5.97 Å². The number of carboxylic acids is 1. The lowest BCUT2D eigenvalue weighted by molar-refractivity contribution is 0.0696. The van der Waals surface area contributed by atoms with Gasteiger partial charge in [0, 0.05) is 18.8 Å². The normalized spacial score (nSPS) is 10.2. The number of nitrogens with zero attached hydrogens (tertiary/aromatic N) is 1. The summed E-state index contributed by atoms with van der Waals surface area (Å²) in [4.78, 5) is 22.4. The molecular weight excluding hydrogens is 258 g/mol. The lowest BCUT2D eigenvalue weighted by atomic mass is 10.3. The van der Waals surface area contributed by atoms with Crippen LogP contribution in [0.4, 0.5) is 0 Å². The molecule has 0 amide bonds. The quantitative estimate of drug-likeness (QED) is 0.817. The first-order chi connectivity index (χ1) is 9.66. The molecule has 2 rings (SSSR count). The Balaban J connectivity index is 1.89. The predicted octanol–water partition coefficient (Wildman–Crippen LogP) is 2.02. The molecule has 0 bridgehead atoms. The molecule has 0 fully saturated rings. The van der Waals surface area contributed by atoms with Gasteiger partial charge < -0.3 is 14.4 Å². The Bertz CT molecular complexity index is 634. The van der Waals surface area contributed by atoms with Crippen LogP contribution in [0.5, 0.6) is 5.75 Å². The van der Waals surface area contributed by atoms with Gasteiger partial charge in [0.1, 0.15) is 5.75 Å². The summed E-state index contributed by atoms with van der Waals surface area (Å²) in [6.45, 7) is 0.889. The Kier molecular flexibility index (Phi) is 4.55. The number of aromatic nitrogens is 1. The topological polar surface area (TPSA) is 68.5 Å². The van der Waals surface area contributed by atoms with E-state index in [1.54, 1.807) is 0 Å². The lowest BCUT2D eigenvalue weighted by Crippen LogP contribution is -2.21. The summed E-state index contributed by atoms with van der Waals surface area (Å²) in [5.41, 5.74) is -0.108. The van der Waals surface area contributed by atoms with Gasteiger partial charge in [0.05, 0.1) is 12.2 Å². The summed E-state index contributed by atoms with van der Waals surface area (Å²) in [6, 6.07) is 12.0. The first-order valence-electron chi connectivity index (χ1n) is 6.28. The monoisotopic (exact) mass is 273 g/mol. The number of carboxylic acid groups (broad SMARTS) is 1. The fourth-order valence-corrected chi connectivity index (χ4v) is 1.77. The maximum absolute atomic E-state index is 11.6. The van der Waals surface area contributed by atoms with Gasteiger partial charge in [-0.2, -0.15) is 0 Å². The molecule has 1 heterocycles. The largest absolute Gasteiger partial charge is 0.494 e. The number of carbonyl (C=O) groups is 1. The van der Waals surface area contributed by atoms with Crippen molar-refractivity contribution in [2.24, 2.45) is 0 Å². The summed E-state index contributed by atoms with van der Waals surface area (Å²) in [5, 5.41) is 8.88.